The highest BCUT2D eigenvalue weighted by molar-refractivity contribution is 6.02. The van der Waals surface area contributed by atoms with Crippen LogP contribution in [0.25, 0.3) is 0 Å². The maximum Gasteiger partial charge on any atom is 0.269 e. The summed E-state index contributed by atoms with van der Waals surface area (Å²) >= 11 is 0. The molecule has 0 bridgehead atoms. The van der Waals surface area contributed by atoms with E-state index < -0.39 is 6.10 Å². The molecular formula is C15H20N4O3. The van der Waals surface area contributed by atoms with Gasteiger partial charge in [-0.1, -0.05) is 0 Å². The van der Waals surface area contributed by atoms with Gasteiger partial charge in [-0.15, -0.1) is 0 Å². The van der Waals surface area contributed by atoms with Gasteiger partial charge in [0.2, 0.25) is 5.91 Å². The van der Waals surface area contributed by atoms with Crippen LogP contribution in [-0.2, 0) is 9.59 Å². The molecule has 22 heavy (non-hydrogen) atoms. The number of hydrogen-bond acceptors (Lipinski definition) is 5. The number of fused-ring (bicyclic) bond motifs is 1. The highest BCUT2D eigenvalue weighted by Crippen LogP contribution is 2.32. The standard InChI is InChI=1S/C15H20N4O3/c1-10-15(21)19(9-13(20)18-7-3-2-4-8-18)14-11(22-10)5-6-12(16)17-14/h5-6,10H,2-4,7-9H2,1H3,(H2,16,17). The minimum absolute atomic E-state index is 0.0179. The summed E-state index contributed by atoms with van der Waals surface area (Å²) in [6.45, 7) is 3.16. The third-order valence-corrected chi connectivity index (χ3v) is 4.04. The molecule has 0 aromatic carbocycles. The molecule has 2 aliphatic rings. The number of likely N-dealkylation sites (tertiary alicyclic amines) is 1. The summed E-state index contributed by atoms with van der Waals surface area (Å²) in [6.07, 6.45) is 2.55. The van der Waals surface area contributed by atoms with E-state index >= 15 is 0 Å². The Labute approximate surface area is 129 Å². The molecule has 0 saturated carbocycles. The van der Waals surface area contributed by atoms with Gasteiger partial charge in [0.05, 0.1) is 0 Å². The highest BCUT2D eigenvalue weighted by Gasteiger charge is 2.35. The van der Waals surface area contributed by atoms with E-state index in [0.29, 0.717) is 17.4 Å². The lowest BCUT2D eigenvalue weighted by Gasteiger charge is -2.34. The average molecular weight is 304 g/mol. The van der Waals surface area contributed by atoms with E-state index in [1.165, 1.54) is 4.90 Å². The fourth-order valence-electron chi connectivity index (χ4n) is 2.83. The summed E-state index contributed by atoms with van der Waals surface area (Å²) in [5.41, 5.74) is 5.70. The van der Waals surface area contributed by atoms with Crippen LogP contribution in [0.4, 0.5) is 11.6 Å². The van der Waals surface area contributed by atoms with Crippen LogP contribution in [-0.4, -0.2) is 47.4 Å². The van der Waals surface area contributed by atoms with Crippen LogP contribution in [0.2, 0.25) is 0 Å². The molecule has 3 heterocycles. The van der Waals surface area contributed by atoms with Crippen LogP contribution in [0.15, 0.2) is 12.1 Å². The average Bonchev–Trinajstić information content (AvgIpc) is 2.53. The van der Waals surface area contributed by atoms with Crippen molar-refractivity contribution in [3.05, 3.63) is 12.1 Å². The van der Waals surface area contributed by atoms with Gasteiger partial charge in [0, 0.05) is 13.1 Å². The number of hydrogen-bond donors (Lipinski definition) is 1. The van der Waals surface area contributed by atoms with Gasteiger partial charge < -0.3 is 15.4 Å². The van der Waals surface area contributed by atoms with E-state index in [1.54, 1.807) is 19.1 Å². The predicted octanol–water partition coefficient (Wildman–Crippen LogP) is 0.790. The van der Waals surface area contributed by atoms with Gasteiger partial charge in [-0.2, -0.15) is 0 Å². The maximum absolute atomic E-state index is 12.4. The van der Waals surface area contributed by atoms with E-state index in [-0.39, 0.29) is 18.4 Å². The summed E-state index contributed by atoms with van der Waals surface area (Å²) in [4.78, 5) is 32.2. The smallest absolute Gasteiger partial charge is 0.269 e. The molecule has 7 nitrogen and oxygen atoms in total. The van der Waals surface area contributed by atoms with Gasteiger partial charge in [0.1, 0.15) is 12.4 Å². The van der Waals surface area contributed by atoms with Crippen molar-refractivity contribution >= 4 is 23.5 Å². The number of carbonyl (C=O) groups is 2. The summed E-state index contributed by atoms with van der Waals surface area (Å²) in [5, 5.41) is 0. The third-order valence-electron chi connectivity index (χ3n) is 4.04. The lowest BCUT2D eigenvalue weighted by Crippen LogP contribution is -2.50. The number of pyridine rings is 1. The molecule has 7 heteroatoms. The van der Waals surface area contributed by atoms with E-state index in [2.05, 4.69) is 4.98 Å². The summed E-state index contributed by atoms with van der Waals surface area (Å²) in [5.74, 6) is 0.773. The Bertz CT molecular complexity index is 598. The van der Waals surface area contributed by atoms with E-state index in [1.807, 2.05) is 4.90 Å². The largest absolute Gasteiger partial charge is 0.477 e. The molecular weight excluding hydrogens is 284 g/mol. The molecule has 3 rings (SSSR count). The normalized spacial score (nSPS) is 21.3. The molecule has 1 aromatic rings. The van der Waals surface area contributed by atoms with Gasteiger partial charge in [-0.05, 0) is 38.3 Å². The van der Waals surface area contributed by atoms with Crippen molar-refractivity contribution in [2.45, 2.75) is 32.3 Å². The van der Waals surface area contributed by atoms with Crippen LogP contribution in [0.1, 0.15) is 26.2 Å². The number of rotatable bonds is 2. The minimum Gasteiger partial charge on any atom is -0.477 e. The number of nitrogens with zero attached hydrogens (tertiary/aromatic N) is 3. The zero-order valence-electron chi connectivity index (χ0n) is 12.6. The zero-order chi connectivity index (χ0) is 15.7. The number of nitrogen functional groups attached to an aromatic ring is 1. The second-order valence-corrected chi connectivity index (χ2v) is 5.68. The van der Waals surface area contributed by atoms with Crippen molar-refractivity contribution in [2.75, 3.05) is 30.3 Å². The van der Waals surface area contributed by atoms with Gasteiger partial charge in [-0.25, -0.2) is 4.98 Å². The number of amides is 2. The Hall–Kier alpha value is -2.31. The molecule has 1 saturated heterocycles. The first-order chi connectivity index (χ1) is 10.6. The molecule has 0 radical (unpaired) electrons. The topological polar surface area (TPSA) is 88.8 Å². The summed E-state index contributed by atoms with van der Waals surface area (Å²) in [7, 11) is 0. The number of aromatic nitrogens is 1. The van der Waals surface area contributed by atoms with Gasteiger partial charge in [0.15, 0.2) is 17.7 Å². The molecule has 118 valence electrons. The summed E-state index contributed by atoms with van der Waals surface area (Å²) < 4.78 is 5.52. The predicted molar refractivity (Wildman–Crippen MR) is 81.5 cm³/mol. The first-order valence-corrected chi connectivity index (χ1v) is 7.58. The Morgan fingerprint density at radius 2 is 2.09 bits per heavy atom. The lowest BCUT2D eigenvalue weighted by molar-refractivity contribution is -0.133. The highest BCUT2D eigenvalue weighted by atomic mass is 16.5. The van der Waals surface area contributed by atoms with Gasteiger partial charge in [-0.3, -0.25) is 14.5 Å². The molecule has 0 aliphatic carbocycles. The second kappa shape index (κ2) is 5.82. The summed E-state index contributed by atoms with van der Waals surface area (Å²) in [6, 6.07) is 3.30. The fraction of sp³-hybridized carbons (Fsp3) is 0.533. The minimum atomic E-state index is -0.632. The zero-order valence-corrected chi connectivity index (χ0v) is 12.6. The van der Waals surface area contributed by atoms with Crippen molar-refractivity contribution in [1.82, 2.24) is 9.88 Å². The number of anilines is 2. The Kier molecular flexibility index (Phi) is 3.87. The second-order valence-electron chi connectivity index (χ2n) is 5.68. The molecule has 1 unspecified atom stereocenters. The molecule has 2 aliphatic heterocycles. The number of piperidine rings is 1. The van der Waals surface area contributed by atoms with Gasteiger partial charge >= 0.3 is 0 Å². The first kappa shape index (κ1) is 14.6. The van der Waals surface area contributed by atoms with Crippen molar-refractivity contribution in [1.29, 1.82) is 0 Å². The quantitative estimate of drug-likeness (QED) is 0.872. The van der Waals surface area contributed by atoms with Gasteiger partial charge in [0.25, 0.3) is 5.91 Å². The van der Waals surface area contributed by atoms with Crippen molar-refractivity contribution in [3.63, 3.8) is 0 Å². The Morgan fingerprint density at radius 1 is 1.36 bits per heavy atom. The SMILES string of the molecule is CC1Oc2ccc(N)nc2N(CC(=O)N2CCCCC2)C1=O. The molecule has 2 N–H and O–H groups in total. The molecule has 1 fully saturated rings. The maximum atomic E-state index is 12.4. The van der Waals surface area contributed by atoms with Crippen LogP contribution < -0.4 is 15.4 Å². The number of nitrogens with two attached hydrogens (primary N) is 1. The lowest BCUT2D eigenvalue weighted by atomic mass is 10.1. The van der Waals surface area contributed by atoms with E-state index in [4.69, 9.17) is 10.5 Å². The molecule has 1 aromatic heterocycles. The number of carbonyl (C=O) groups excluding carboxylic acids is 2. The van der Waals surface area contributed by atoms with Crippen molar-refractivity contribution in [2.24, 2.45) is 0 Å². The van der Waals surface area contributed by atoms with Crippen LogP contribution in [0.3, 0.4) is 0 Å². The third kappa shape index (κ3) is 2.70. The van der Waals surface area contributed by atoms with Crippen molar-refractivity contribution in [3.8, 4) is 5.75 Å². The number of ether oxygens (including phenoxy) is 1. The van der Waals surface area contributed by atoms with Crippen molar-refractivity contribution < 1.29 is 14.3 Å². The molecule has 0 spiro atoms. The van der Waals surface area contributed by atoms with Crippen LogP contribution in [0.5, 0.6) is 5.75 Å². The Morgan fingerprint density at radius 3 is 2.82 bits per heavy atom. The molecule has 2 amide bonds. The fourth-order valence-corrected chi connectivity index (χ4v) is 2.83. The monoisotopic (exact) mass is 304 g/mol. The molecule has 1 atom stereocenters. The van der Waals surface area contributed by atoms with E-state index in [0.717, 1.165) is 32.4 Å². The Balaban J connectivity index is 1.83. The van der Waals surface area contributed by atoms with Crippen LogP contribution >= 0.6 is 0 Å². The first-order valence-electron chi connectivity index (χ1n) is 7.58. The van der Waals surface area contributed by atoms with Crippen LogP contribution in [0, 0.1) is 0 Å². The van der Waals surface area contributed by atoms with E-state index in [9.17, 15) is 9.59 Å².